The molecule has 0 aliphatic carbocycles. The molecule has 0 aliphatic heterocycles. The fraction of sp³-hybridized carbons (Fsp3) is 0.111. The molecule has 1 rings (SSSR count). The lowest BCUT2D eigenvalue weighted by Gasteiger charge is -2.11. The van der Waals surface area contributed by atoms with E-state index in [0.29, 0.717) is 5.56 Å². The van der Waals surface area contributed by atoms with Gasteiger partial charge >= 0.3 is 7.82 Å². The third kappa shape index (κ3) is 3.00. The minimum absolute atomic E-state index is 0.0172. The second-order valence-electron chi connectivity index (χ2n) is 2.82. The van der Waals surface area contributed by atoms with Crippen molar-refractivity contribution in [1.29, 1.82) is 0 Å². The lowest BCUT2D eigenvalue weighted by Crippen LogP contribution is -1.91. The topological polar surface area (TPSA) is 66.8 Å². The number of hydrogen-bond donors (Lipinski definition) is 2. The van der Waals surface area contributed by atoms with E-state index in [4.69, 9.17) is 9.79 Å². The average Bonchev–Trinajstić information content (AvgIpc) is 2.01. The number of rotatable bonds is 3. The zero-order valence-electron chi connectivity index (χ0n) is 7.67. The van der Waals surface area contributed by atoms with E-state index in [-0.39, 0.29) is 5.76 Å². The molecule has 0 saturated carbocycles. The zero-order valence-corrected chi connectivity index (χ0v) is 8.57. The molecule has 0 aliphatic rings. The first-order valence-electron chi connectivity index (χ1n) is 3.90. The van der Waals surface area contributed by atoms with Gasteiger partial charge in [0.05, 0.1) is 0 Å². The molecule has 0 atom stereocenters. The quantitative estimate of drug-likeness (QED) is 0.597. The Balaban J connectivity index is 2.91. The second-order valence-corrected chi connectivity index (χ2v) is 3.98. The van der Waals surface area contributed by atoms with Crippen molar-refractivity contribution < 1.29 is 18.9 Å². The van der Waals surface area contributed by atoms with Crippen molar-refractivity contribution in [3.05, 3.63) is 42.0 Å². The summed E-state index contributed by atoms with van der Waals surface area (Å²) in [5.74, 6) is -0.0172. The minimum Gasteiger partial charge on any atom is -0.404 e. The molecule has 0 fully saturated rings. The van der Waals surface area contributed by atoms with Crippen molar-refractivity contribution in [3.8, 4) is 0 Å². The first-order valence-corrected chi connectivity index (χ1v) is 5.43. The molecule has 0 radical (unpaired) electrons. The summed E-state index contributed by atoms with van der Waals surface area (Å²) in [6.45, 7) is 5.27. The van der Waals surface area contributed by atoms with Crippen molar-refractivity contribution in [3.63, 3.8) is 0 Å². The Morgan fingerprint density at radius 2 is 2.00 bits per heavy atom. The van der Waals surface area contributed by atoms with Crippen LogP contribution >= 0.6 is 7.82 Å². The van der Waals surface area contributed by atoms with Crippen molar-refractivity contribution in [2.45, 2.75) is 6.92 Å². The predicted molar refractivity (Wildman–Crippen MR) is 53.3 cm³/mol. The minimum atomic E-state index is -4.51. The largest absolute Gasteiger partial charge is 0.524 e. The van der Waals surface area contributed by atoms with E-state index >= 15 is 0 Å². The summed E-state index contributed by atoms with van der Waals surface area (Å²) in [5, 5.41) is 0. The summed E-state index contributed by atoms with van der Waals surface area (Å²) in [6, 6.07) is 7.07. The van der Waals surface area contributed by atoms with Gasteiger partial charge in [-0.15, -0.1) is 0 Å². The van der Waals surface area contributed by atoms with Crippen LogP contribution in [0.1, 0.15) is 11.1 Å². The Morgan fingerprint density at radius 3 is 2.50 bits per heavy atom. The first kappa shape index (κ1) is 11.0. The van der Waals surface area contributed by atoms with E-state index in [0.717, 1.165) is 5.56 Å². The summed E-state index contributed by atoms with van der Waals surface area (Å²) >= 11 is 0. The molecule has 2 N–H and O–H groups in total. The lowest BCUT2D eigenvalue weighted by atomic mass is 10.1. The standard InChI is InChI=1S/C9H11O4P/c1-7-5-3-4-6-9(7)8(2)13-14(10,11)12/h3-6H,2H2,1H3,(H2,10,11,12). The Bertz CT molecular complexity index is 394. The molecule has 4 nitrogen and oxygen atoms in total. The third-order valence-corrected chi connectivity index (χ3v) is 2.13. The fourth-order valence-electron chi connectivity index (χ4n) is 1.08. The van der Waals surface area contributed by atoms with Crippen LogP contribution < -0.4 is 0 Å². The van der Waals surface area contributed by atoms with Crippen LogP contribution in [-0.2, 0) is 9.09 Å². The third-order valence-electron chi connectivity index (χ3n) is 1.67. The highest BCUT2D eigenvalue weighted by Gasteiger charge is 2.17. The van der Waals surface area contributed by atoms with E-state index < -0.39 is 7.82 Å². The van der Waals surface area contributed by atoms with Crippen molar-refractivity contribution in [2.24, 2.45) is 0 Å². The SMILES string of the molecule is C=C(OP(=O)(O)O)c1ccccc1C. The predicted octanol–water partition coefficient (Wildman–Crippen LogP) is 2.08. The monoisotopic (exact) mass is 214 g/mol. The van der Waals surface area contributed by atoms with Gasteiger partial charge in [0, 0.05) is 5.56 Å². The van der Waals surface area contributed by atoms with Gasteiger partial charge < -0.3 is 4.52 Å². The first-order chi connectivity index (χ1) is 6.40. The number of phosphoric ester groups is 1. The number of hydrogen-bond acceptors (Lipinski definition) is 2. The van der Waals surface area contributed by atoms with Crippen LogP contribution in [0.5, 0.6) is 0 Å². The van der Waals surface area contributed by atoms with Crippen LogP contribution in [0.15, 0.2) is 30.8 Å². The van der Waals surface area contributed by atoms with Crippen molar-refractivity contribution >= 4 is 13.6 Å². The van der Waals surface area contributed by atoms with E-state index in [1.165, 1.54) is 0 Å². The van der Waals surface area contributed by atoms with Crippen LogP contribution in [0.2, 0.25) is 0 Å². The highest BCUT2D eigenvalue weighted by atomic mass is 31.2. The van der Waals surface area contributed by atoms with Crippen LogP contribution in [0.25, 0.3) is 5.76 Å². The lowest BCUT2D eigenvalue weighted by molar-refractivity contribution is 0.269. The van der Waals surface area contributed by atoms with Gasteiger partial charge in [-0.3, -0.25) is 9.79 Å². The summed E-state index contributed by atoms with van der Waals surface area (Å²) in [5.41, 5.74) is 1.45. The Morgan fingerprint density at radius 1 is 1.43 bits per heavy atom. The smallest absolute Gasteiger partial charge is 0.404 e. The summed E-state index contributed by atoms with van der Waals surface area (Å²) < 4.78 is 14.9. The molecular weight excluding hydrogens is 203 g/mol. The molecule has 1 aromatic rings. The van der Waals surface area contributed by atoms with Crippen molar-refractivity contribution in [1.82, 2.24) is 0 Å². The molecule has 0 bridgehead atoms. The maximum Gasteiger partial charge on any atom is 0.524 e. The zero-order chi connectivity index (χ0) is 10.8. The van der Waals surface area contributed by atoms with E-state index in [9.17, 15) is 4.57 Å². The van der Waals surface area contributed by atoms with Gasteiger partial charge in [0.25, 0.3) is 0 Å². The molecular formula is C9H11O4P. The summed E-state index contributed by atoms with van der Waals surface area (Å²) in [6.07, 6.45) is 0. The van der Waals surface area contributed by atoms with Gasteiger partial charge in [-0.2, -0.15) is 0 Å². The van der Waals surface area contributed by atoms with Crippen LogP contribution in [0, 0.1) is 6.92 Å². The molecule has 0 amide bonds. The van der Waals surface area contributed by atoms with Gasteiger partial charge in [0.15, 0.2) is 0 Å². The number of benzene rings is 1. The maximum atomic E-state index is 10.5. The molecule has 5 heteroatoms. The van der Waals surface area contributed by atoms with E-state index in [1.54, 1.807) is 12.1 Å². The average molecular weight is 214 g/mol. The molecule has 76 valence electrons. The second kappa shape index (κ2) is 3.96. The molecule has 0 saturated heterocycles. The normalized spacial score (nSPS) is 11.1. The molecule has 14 heavy (non-hydrogen) atoms. The molecule has 1 aromatic carbocycles. The summed E-state index contributed by atoms with van der Waals surface area (Å²) in [7, 11) is -4.51. The van der Waals surface area contributed by atoms with E-state index in [1.807, 2.05) is 19.1 Å². The van der Waals surface area contributed by atoms with Crippen LogP contribution in [0.4, 0.5) is 0 Å². The van der Waals surface area contributed by atoms with Crippen molar-refractivity contribution in [2.75, 3.05) is 0 Å². The highest BCUT2D eigenvalue weighted by Crippen LogP contribution is 2.41. The van der Waals surface area contributed by atoms with Crippen LogP contribution in [0.3, 0.4) is 0 Å². The molecule has 0 aromatic heterocycles. The van der Waals surface area contributed by atoms with Gasteiger partial charge in [0.2, 0.25) is 0 Å². The molecule has 0 heterocycles. The Kier molecular flexibility index (Phi) is 3.11. The number of phosphoric acid groups is 1. The molecule has 0 spiro atoms. The Hall–Kier alpha value is -1.09. The molecule has 0 unspecified atom stereocenters. The Labute approximate surface area is 82.1 Å². The van der Waals surface area contributed by atoms with Gasteiger partial charge in [-0.25, -0.2) is 4.57 Å². The van der Waals surface area contributed by atoms with Gasteiger partial charge in [-0.1, -0.05) is 30.8 Å². The highest BCUT2D eigenvalue weighted by molar-refractivity contribution is 7.46. The van der Waals surface area contributed by atoms with Crippen LogP contribution in [-0.4, -0.2) is 9.79 Å². The number of aryl methyl sites for hydroxylation is 1. The van der Waals surface area contributed by atoms with Gasteiger partial charge in [-0.05, 0) is 12.5 Å². The fourth-order valence-corrected chi connectivity index (χ4v) is 1.46. The van der Waals surface area contributed by atoms with E-state index in [2.05, 4.69) is 11.1 Å². The summed E-state index contributed by atoms with van der Waals surface area (Å²) in [4.78, 5) is 17.1. The van der Waals surface area contributed by atoms with Gasteiger partial charge in [0.1, 0.15) is 5.76 Å². The maximum absolute atomic E-state index is 10.5.